The summed E-state index contributed by atoms with van der Waals surface area (Å²) in [6.45, 7) is 3.97. The van der Waals surface area contributed by atoms with Crippen LogP contribution in [0.4, 0.5) is 10.5 Å². The molecular formula is C16H22N2O3. The van der Waals surface area contributed by atoms with E-state index in [1.165, 1.54) is 17.5 Å². The molecule has 0 spiro atoms. The van der Waals surface area contributed by atoms with Gasteiger partial charge in [0, 0.05) is 18.3 Å². The number of aliphatic carboxylic acids is 1. The number of carboxylic acids is 1. The summed E-state index contributed by atoms with van der Waals surface area (Å²) in [5.41, 5.74) is 3.44. The van der Waals surface area contributed by atoms with Crippen LogP contribution in [-0.4, -0.2) is 34.6 Å². The van der Waals surface area contributed by atoms with E-state index in [9.17, 15) is 9.59 Å². The van der Waals surface area contributed by atoms with Crippen LogP contribution >= 0.6 is 0 Å². The van der Waals surface area contributed by atoms with Gasteiger partial charge in [0.2, 0.25) is 0 Å². The van der Waals surface area contributed by atoms with Crippen LogP contribution in [0.5, 0.6) is 0 Å². The first-order valence-corrected chi connectivity index (χ1v) is 7.38. The average Bonchev–Trinajstić information content (AvgIpc) is 2.85. The van der Waals surface area contributed by atoms with Gasteiger partial charge in [0.05, 0.1) is 6.42 Å². The number of carbonyl (C=O) groups excluding carboxylic acids is 1. The predicted molar refractivity (Wildman–Crippen MR) is 81.6 cm³/mol. The Morgan fingerprint density at radius 1 is 1.29 bits per heavy atom. The first-order chi connectivity index (χ1) is 9.97. The Balaban J connectivity index is 2.02. The first-order valence-electron chi connectivity index (χ1n) is 7.38. The van der Waals surface area contributed by atoms with Crippen LogP contribution < -0.4 is 5.32 Å². The molecule has 1 aromatic rings. The molecule has 1 aromatic carbocycles. The molecule has 5 heteroatoms. The highest BCUT2D eigenvalue weighted by Crippen LogP contribution is 2.25. The van der Waals surface area contributed by atoms with Crippen molar-refractivity contribution in [3.63, 3.8) is 0 Å². The minimum atomic E-state index is -0.897. The fraction of sp³-hybridized carbons (Fsp3) is 0.500. The Kier molecular flexibility index (Phi) is 4.83. The third-order valence-corrected chi connectivity index (χ3v) is 3.80. The smallest absolute Gasteiger partial charge is 0.322 e. The second kappa shape index (κ2) is 6.61. The number of hydrogen-bond donors (Lipinski definition) is 2. The molecule has 0 atom stereocenters. The molecule has 21 heavy (non-hydrogen) atoms. The maximum Gasteiger partial charge on any atom is 0.322 e. The number of carbonyl (C=O) groups is 2. The van der Waals surface area contributed by atoms with Gasteiger partial charge in [0.1, 0.15) is 0 Å². The summed E-state index contributed by atoms with van der Waals surface area (Å²) in [6.07, 6.45) is 3.30. The summed E-state index contributed by atoms with van der Waals surface area (Å²) < 4.78 is 0. The lowest BCUT2D eigenvalue weighted by Crippen LogP contribution is -2.41. The molecule has 0 radical (unpaired) electrons. The predicted octanol–water partition coefficient (Wildman–Crippen LogP) is 2.89. The van der Waals surface area contributed by atoms with E-state index in [1.54, 1.807) is 4.90 Å². The van der Waals surface area contributed by atoms with E-state index in [0.717, 1.165) is 18.5 Å². The van der Waals surface area contributed by atoms with Crippen molar-refractivity contribution in [2.75, 3.05) is 11.9 Å². The van der Waals surface area contributed by atoms with Crippen LogP contribution in [0.15, 0.2) is 18.2 Å². The number of fused-ring (bicyclic) bond motifs is 1. The van der Waals surface area contributed by atoms with Crippen molar-refractivity contribution in [1.82, 2.24) is 4.90 Å². The molecule has 0 unspecified atom stereocenters. The first kappa shape index (κ1) is 15.4. The number of amides is 2. The summed E-state index contributed by atoms with van der Waals surface area (Å²) in [5, 5.41) is 11.6. The van der Waals surface area contributed by atoms with Crippen LogP contribution in [0.25, 0.3) is 0 Å². The number of anilines is 1. The molecule has 2 N–H and O–H groups in total. The molecule has 1 aliphatic carbocycles. The van der Waals surface area contributed by atoms with E-state index in [0.29, 0.717) is 0 Å². The second-order valence-corrected chi connectivity index (χ2v) is 5.70. The number of urea groups is 1. The van der Waals surface area contributed by atoms with E-state index in [4.69, 9.17) is 5.11 Å². The van der Waals surface area contributed by atoms with Gasteiger partial charge >= 0.3 is 12.0 Å². The highest BCUT2D eigenvalue weighted by atomic mass is 16.4. The maximum atomic E-state index is 12.3. The van der Waals surface area contributed by atoms with E-state index < -0.39 is 5.97 Å². The van der Waals surface area contributed by atoms with Gasteiger partial charge in [-0.3, -0.25) is 4.79 Å². The highest BCUT2D eigenvalue weighted by molar-refractivity contribution is 5.90. The lowest BCUT2D eigenvalue weighted by atomic mass is 10.1. The molecule has 0 saturated heterocycles. The number of hydrogen-bond acceptors (Lipinski definition) is 2. The molecule has 0 aliphatic heterocycles. The van der Waals surface area contributed by atoms with Crippen molar-refractivity contribution in [1.29, 1.82) is 0 Å². The van der Waals surface area contributed by atoms with Crippen molar-refractivity contribution in [2.24, 2.45) is 0 Å². The summed E-state index contributed by atoms with van der Waals surface area (Å²) in [4.78, 5) is 24.5. The fourth-order valence-electron chi connectivity index (χ4n) is 2.66. The topological polar surface area (TPSA) is 69.6 Å². The van der Waals surface area contributed by atoms with Crippen molar-refractivity contribution in [3.05, 3.63) is 29.3 Å². The number of nitrogens with zero attached hydrogens (tertiary/aromatic N) is 1. The number of aryl methyl sites for hydroxylation is 2. The Labute approximate surface area is 125 Å². The fourth-order valence-corrected chi connectivity index (χ4v) is 2.66. The zero-order valence-electron chi connectivity index (χ0n) is 12.6. The summed E-state index contributed by atoms with van der Waals surface area (Å²) in [7, 11) is 0. The van der Waals surface area contributed by atoms with Gasteiger partial charge in [0.25, 0.3) is 0 Å². The molecule has 114 valence electrons. The molecule has 5 nitrogen and oxygen atoms in total. The molecule has 0 aromatic heterocycles. The number of carboxylic acid groups (broad SMARTS) is 1. The maximum absolute atomic E-state index is 12.3. The van der Waals surface area contributed by atoms with Crippen molar-refractivity contribution < 1.29 is 14.7 Å². The van der Waals surface area contributed by atoms with E-state index in [-0.39, 0.29) is 25.0 Å². The Morgan fingerprint density at radius 2 is 2.00 bits per heavy atom. The van der Waals surface area contributed by atoms with Crippen molar-refractivity contribution >= 4 is 17.7 Å². The number of benzene rings is 1. The number of nitrogens with one attached hydrogen (secondary N) is 1. The van der Waals surface area contributed by atoms with Gasteiger partial charge in [-0.15, -0.1) is 0 Å². The lowest BCUT2D eigenvalue weighted by Gasteiger charge is -2.26. The Bertz CT molecular complexity index is 540. The van der Waals surface area contributed by atoms with Crippen LogP contribution in [0, 0.1) is 0 Å². The van der Waals surface area contributed by atoms with E-state index in [1.807, 2.05) is 26.0 Å². The minimum Gasteiger partial charge on any atom is -0.481 e. The number of rotatable bonds is 5. The third kappa shape index (κ3) is 3.97. The van der Waals surface area contributed by atoms with Crippen LogP contribution in [0.3, 0.4) is 0 Å². The Morgan fingerprint density at radius 3 is 2.67 bits per heavy atom. The van der Waals surface area contributed by atoms with Crippen molar-refractivity contribution in [3.8, 4) is 0 Å². The zero-order chi connectivity index (χ0) is 15.4. The molecular weight excluding hydrogens is 268 g/mol. The van der Waals surface area contributed by atoms with Gasteiger partial charge in [-0.25, -0.2) is 4.79 Å². The van der Waals surface area contributed by atoms with Gasteiger partial charge in [-0.05, 0) is 56.4 Å². The molecule has 2 amide bonds. The normalized spacial score (nSPS) is 13.1. The van der Waals surface area contributed by atoms with Crippen LogP contribution in [-0.2, 0) is 17.6 Å². The largest absolute Gasteiger partial charge is 0.481 e. The monoisotopic (exact) mass is 290 g/mol. The summed E-state index contributed by atoms with van der Waals surface area (Å²) in [6, 6.07) is 5.71. The SMILES string of the molecule is CC(C)N(CCC(=O)O)C(=O)Nc1ccc2c(c1)CCC2. The van der Waals surface area contributed by atoms with Crippen molar-refractivity contribution in [2.45, 2.75) is 45.6 Å². The molecule has 0 saturated carbocycles. The van der Waals surface area contributed by atoms with Crippen LogP contribution in [0.1, 0.15) is 37.8 Å². The minimum absolute atomic E-state index is 0.0428. The second-order valence-electron chi connectivity index (χ2n) is 5.70. The standard InChI is InChI=1S/C16H22N2O3/c1-11(2)18(9-8-15(19)20)16(21)17-14-7-6-12-4-3-5-13(12)10-14/h6-7,10-11H,3-5,8-9H2,1-2H3,(H,17,21)(H,19,20). The summed E-state index contributed by atoms with van der Waals surface area (Å²) >= 11 is 0. The van der Waals surface area contributed by atoms with Gasteiger partial charge in [-0.2, -0.15) is 0 Å². The molecule has 2 rings (SSSR count). The quantitative estimate of drug-likeness (QED) is 0.876. The lowest BCUT2D eigenvalue weighted by molar-refractivity contribution is -0.137. The highest BCUT2D eigenvalue weighted by Gasteiger charge is 2.19. The molecule has 0 heterocycles. The molecule has 0 fully saturated rings. The van der Waals surface area contributed by atoms with Crippen LogP contribution in [0.2, 0.25) is 0 Å². The summed E-state index contributed by atoms with van der Waals surface area (Å²) in [5.74, 6) is -0.897. The average molecular weight is 290 g/mol. The zero-order valence-corrected chi connectivity index (χ0v) is 12.6. The Hall–Kier alpha value is -2.04. The van der Waals surface area contributed by atoms with Gasteiger partial charge in [-0.1, -0.05) is 6.07 Å². The third-order valence-electron chi connectivity index (χ3n) is 3.80. The van der Waals surface area contributed by atoms with Gasteiger partial charge in [0.15, 0.2) is 0 Å². The van der Waals surface area contributed by atoms with Gasteiger partial charge < -0.3 is 15.3 Å². The van der Waals surface area contributed by atoms with E-state index in [2.05, 4.69) is 11.4 Å². The van der Waals surface area contributed by atoms with E-state index >= 15 is 0 Å². The molecule has 1 aliphatic rings. The molecule has 0 bridgehead atoms.